The quantitative estimate of drug-likeness (QED) is 0.108. The highest BCUT2D eigenvalue weighted by Gasteiger charge is 2.19. The molecule has 1 saturated carbocycles. The number of unbranched alkanes of at least 4 members (excludes halogenated alkanes) is 1. The van der Waals surface area contributed by atoms with Crippen molar-refractivity contribution in [1.29, 1.82) is 0 Å². The van der Waals surface area contributed by atoms with Gasteiger partial charge >= 0.3 is 5.97 Å². The summed E-state index contributed by atoms with van der Waals surface area (Å²) < 4.78 is 32.6. The van der Waals surface area contributed by atoms with Gasteiger partial charge in [-0.25, -0.2) is 9.37 Å². The Labute approximate surface area is 251 Å². The van der Waals surface area contributed by atoms with Gasteiger partial charge in [-0.05, 0) is 80.3 Å². The maximum absolute atomic E-state index is 14.0. The van der Waals surface area contributed by atoms with Crippen LogP contribution in [0.2, 0.25) is 0 Å². The number of ether oxygens (including phenoxy) is 2. The van der Waals surface area contributed by atoms with Gasteiger partial charge in [0.15, 0.2) is 0 Å². The molecule has 5 rings (SSSR count). The highest BCUT2D eigenvalue weighted by atomic mass is 19.1. The summed E-state index contributed by atoms with van der Waals surface area (Å²) in [6.45, 7) is 3.28. The van der Waals surface area contributed by atoms with Crippen LogP contribution in [0.4, 0.5) is 4.39 Å². The molecule has 2 aromatic heterocycles. The summed E-state index contributed by atoms with van der Waals surface area (Å²) in [6.07, 6.45) is 15.6. The van der Waals surface area contributed by atoms with Crippen molar-refractivity contribution in [3.05, 3.63) is 94.7 Å². The lowest BCUT2D eigenvalue weighted by molar-refractivity contribution is -0.144. The molecule has 1 aliphatic rings. The van der Waals surface area contributed by atoms with Crippen molar-refractivity contribution in [2.45, 2.75) is 77.9 Å². The van der Waals surface area contributed by atoms with Crippen LogP contribution >= 0.6 is 0 Å². The Kier molecular flexibility index (Phi) is 10.7. The van der Waals surface area contributed by atoms with Gasteiger partial charge in [-0.1, -0.05) is 42.3 Å². The van der Waals surface area contributed by atoms with Crippen LogP contribution in [0.5, 0.6) is 5.75 Å². The smallest absolute Gasteiger partial charge is 0.306 e. The fourth-order valence-corrected chi connectivity index (χ4v) is 5.25. The summed E-state index contributed by atoms with van der Waals surface area (Å²) in [6, 6.07) is 13.1. The average Bonchev–Trinajstić information content (AvgIpc) is 3.78. The number of aromatic nitrogens is 4. The molecule has 1 aliphatic carbocycles. The number of rotatable bonds is 15. The largest absolute Gasteiger partial charge is 0.487 e. The summed E-state index contributed by atoms with van der Waals surface area (Å²) in [5, 5.41) is 8.42. The Morgan fingerprint density at radius 3 is 2.72 bits per heavy atom. The molecule has 0 atom stereocenters. The summed E-state index contributed by atoms with van der Waals surface area (Å²) in [5.74, 6) is 1.29. The molecule has 0 radical (unpaired) electrons. The van der Waals surface area contributed by atoms with Crippen LogP contribution in [0.3, 0.4) is 0 Å². The average molecular weight is 587 g/mol. The van der Waals surface area contributed by atoms with Crippen molar-refractivity contribution in [2.24, 2.45) is 5.92 Å². The van der Waals surface area contributed by atoms with Gasteiger partial charge in [0, 0.05) is 37.2 Å². The number of esters is 1. The molecule has 0 amide bonds. The van der Waals surface area contributed by atoms with Crippen LogP contribution in [0.25, 0.3) is 12.2 Å². The lowest BCUT2D eigenvalue weighted by Gasteiger charge is -2.08. The normalized spacial score (nSPS) is 13.6. The zero-order chi connectivity index (χ0) is 29.9. The van der Waals surface area contributed by atoms with Gasteiger partial charge in [-0.3, -0.25) is 9.48 Å². The first kappa shape index (κ1) is 30.2. The molecule has 0 aliphatic heterocycles. The highest BCUT2D eigenvalue weighted by Crippen LogP contribution is 2.27. The summed E-state index contributed by atoms with van der Waals surface area (Å²) in [5.41, 5.74) is 4.10. The number of hydrogen-bond acceptors (Lipinski definition) is 7. The predicted octanol–water partition coefficient (Wildman–Crippen LogP) is 7.15. The van der Waals surface area contributed by atoms with Gasteiger partial charge < -0.3 is 13.9 Å². The number of aryl methyl sites for hydroxylation is 3. The van der Waals surface area contributed by atoms with Gasteiger partial charge in [-0.15, -0.1) is 5.10 Å². The fourth-order valence-electron chi connectivity index (χ4n) is 5.25. The second kappa shape index (κ2) is 15.3. The summed E-state index contributed by atoms with van der Waals surface area (Å²) in [4.78, 5) is 16.4. The Morgan fingerprint density at radius 2 is 1.91 bits per heavy atom. The van der Waals surface area contributed by atoms with E-state index < -0.39 is 0 Å². The minimum absolute atomic E-state index is 0.0926. The van der Waals surface area contributed by atoms with Crippen LogP contribution in [-0.2, 0) is 35.5 Å². The number of oxazole rings is 1. The maximum atomic E-state index is 14.0. The van der Waals surface area contributed by atoms with Gasteiger partial charge in [-0.2, -0.15) is 0 Å². The molecule has 0 unspecified atom stereocenters. The van der Waals surface area contributed by atoms with E-state index in [-0.39, 0.29) is 18.4 Å². The molecule has 0 spiro atoms. The molecular formula is C34H39FN4O4. The summed E-state index contributed by atoms with van der Waals surface area (Å²) >= 11 is 0. The molecule has 2 heterocycles. The Morgan fingerprint density at radius 1 is 1.07 bits per heavy atom. The third-order valence-electron chi connectivity index (χ3n) is 7.68. The van der Waals surface area contributed by atoms with Crippen LogP contribution in [0.1, 0.15) is 78.9 Å². The molecule has 8 nitrogen and oxygen atoms in total. The van der Waals surface area contributed by atoms with Crippen molar-refractivity contribution < 1.29 is 23.1 Å². The van der Waals surface area contributed by atoms with E-state index in [4.69, 9.17) is 13.9 Å². The van der Waals surface area contributed by atoms with E-state index in [1.165, 1.54) is 24.5 Å². The van der Waals surface area contributed by atoms with Crippen molar-refractivity contribution in [1.82, 2.24) is 20.0 Å². The third kappa shape index (κ3) is 9.63. The molecule has 9 heteroatoms. The van der Waals surface area contributed by atoms with Crippen LogP contribution in [-0.4, -0.2) is 32.6 Å². The van der Waals surface area contributed by atoms with Gasteiger partial charge in [0.2, 0.25) is 5.89 Å². The molecule has 0 bridgehead atoms. The van der Waals surface area contributed by atoms with Crippen molar-refractivity contribution in [3.63, 3.8) is 0 Å². The second-order valence-electron chi connectivity index (χ2n) is 11.2. The number of carbonyl (C=O) groups excluding carboxylic acids is 1. The van der Waals surface area contributed by atoms with Gasteiger partial charge in [0.25, 0.3) is 0 Å². The molecule has 2 aromatic carbocycles. The first-order chi connectivity index (χ1) is 21.0. The highest BCUT2D eigenvalue weighted by molar-refractivity contribution is 5.69. The predicted molar refractivity (Wildman–Crippen MR) is 162 cm³/mol. The molecule has 0 saturated heterocycles. The molecule has 0 N–H and O–H groups in total. The van der Waals surface area contributed by atoms with Crippen LogP contribution in [0, 0.1) is 18.7 Å². The number of benzene rings is 2. The Bertz CT molecular complexity index is 1490. The number of halogens is 1. The Balaban J connectivity index is 0.960. The monoisotopic (exact) mass is 586 g/mol. The van der Waals surface area contributed by atoms with Gasteiger partial charge in [0.1, 0.15) is 30.1 Å². The minimum atomic E-state index is -0.277. The lowest BCUT2D eigenvalue weighted by atomic mass is 10.0. The number of hydrogen-bond donors (Lipinski definition) is 0. The maximum Gasteiger partial charge on any atom is 0.306 e. The van der Waals surface area contributed by atoms with E-state index in [2.05, 4.69) is 27.4 Å². The van der Waals surface area contributed by atoms with E-state index in [0.717, 1.165) is 55.7 Å². The number of carbonyl (C=O) groups is 1. The minimum Gasteiger partial charge on any atom is -0.487 e. The van der Waals surface area contributed by atoms with Crippen molar-refractivity contribution in [2.75, 3.05) is 6.61 Å². The third-order valence-corrected chi connectivity index (χ3v) is 7.68. The molecule has 226 valence electrons. The molecule has 43 heavy (non-hydrogen) atoms. The SMILES string of the molecule is Cc1ccc(/C=C/c2nc(COc3ccc(CCCCn4cc(CCOC(=O)CC5CCCC5)nn4)cc3)co2)c(F)c1. The summed E-state index contributed by atoms with van der Waals surface area (Å²) in [7, 11) is 0. The van der Waals surface area contributed by atoms with E-state index in [1.807, 2.05) is 36.0 Å². The standard InChI is InChI=1S/C34H39FN4O4/c1-25-9-12-28(32(35)20-25)13-16-33-36-30(24-43-33)23-42-31-14-10-26(11-15-31)6-4-5-18-39-22-29(37-38-39)17-19-41-34(40)21-27-7-2-3-8-27/h9-16,20,22,24,27H,2-8,17-19,21,23H2,1H3/b16-13+. The second-order valence-corrected chi connectivity index (χ2v) is 11.2. The topological polar surface area (TPSA) is 92.3 Å². The van der Waals surface area contributed by atoms with E-state index in [9.17, 15) is 9.18 Å². The zero-order valence-electron chi connectivity index (χ0n) is 24.7. The Hall–Kier alpha value is -4.27. The molecule has 1 fully saturated rings. The fraction of sp³-hybridized carbons (Fsp3) is 0.412. The number of nitrogens with zero attached hydrogens (tertiary/aromatic N) is 4. The first-order valence-electron chi connectivity index (χ1n) is 15.2. The van der Waals surface area contributed by atoms with E-state index >= 15 is 0 Å². The van der Waals surface area contributed by atoms with Crippen LogP contribution in [0.15, 0.2) is 59.3 Å². The van der Waals surface area contributed by atoms with Crippen molar-refractivity contribution in [3.8, 4) is 5.75 Å². The van der Waals surface area contributed by atoms with Gasteiger partial charge in [0.05, 0.1) is 12.3 Å². The molecule has 4 aromatic rings. The molecular weight excluding hydrogens is 547 g/mol. The van der Waals surface area contributed by atoms with Crippen LogP contribution < -0.4 is 4.74 Å². The first-order valence-corrected chi connectivity index (χ1v) is 15.2. The van der Waals surface area contributed by atoms with E-state index in [1.54, 1.807) is 24.5 Å². The lowest BCUT2D eigenvalue weighted by Crippen LogP contribution is -2.11. The zero-order valence-corrected chi connectivity index (χ0v) is 24.7. The van der Waals surface area contributed by atoms with E-state index in [0.29, 0.717) is 42.5 Å². The van der Waals surface area contributed by atoms with Crippen molar-refractivity contribution >= 4 is 18.1 Å².